The maximum atomic E-state index is 6.14. The Morgan fingerprint density at radius 3 is 2.65 bits per heavy atom. The highest BCUT2D eigenvalue weighted by atomic mass is 16.3. The van der Waals surface area contributed by atoms with E-state index in [1.807, 2.05) is 0 Å². The van der Waals surface area contributed by atoms with Crippen LogP contribution in [0.15, 0.2) is 28.7 Å². The van der Waals surface area contributed by atoms with Crippen LogP contribution in [0.4, 0.5) is 0 Å². The van der Waals surface area contributed by atoms with Crippen LogP contribution in [-0.4, -0.2) is 12.1 Å². The molecular formula is C18H25NO. The van der Waals surface area contributed by atoms with Crippen LogP contribution in [0, 0.1) is 12.8 Å². The molecule has 1 N–H and O–H groups in total. The fourth-order valence-corrected chi connectivity index (χ4v) is 3.04. The molecule has 1 aromatic heterocycles. The van der Waals surface area contributed by atoms with Gasteiger partial charge < -0.3 is 9.73 Å². The molecule has 0 radical (unpaired) electrons. The SMILES string of the molecule is Cc1cccc2cc(C3CCC3CNC(C)(C)C)oc12. The average Bonchev–Trinajstić information content (AvgIpc) is 2.70. The Morgan fingerprint density at radius 2 is 2.05 bits per heavy atom. The maximum absolute atomic E-state index is 6.14. The standard InChI is InChI=1S/C18H25NO/c1-12-6-5-7-13-10-16(20-17(12)13)15-9-8-14(15)11-19-18(2,3)4/h5-7,10,14-15,19H,8-9,11H2,1-4H3. The number of fused-ring (bicyclic) bond motifs is 1. The topological polar surface area (TPSA) is 25.2 Å². The second kappa shape index (κ2) is 4.92. The van der Waals surface area contributed by atoms with Gasteiger partial charge in [0.2, 0.25) is 0 Å². The summed E-state index contributed by atoms with van der Waals surface area (Å²) < 4.78 is 6.14. The molecule has 0 bridgehead atoms. The Hall–Kier alpha value is -1.28. The van der Waals surface area contributed by atoms with E-state index in [0.717, 1.165) is 18.0 Å². The first-order valence-corrected chi connectivity index (χ1v) is 7.68. The van der Waals surface area contributed by atoms with Crippen molar-refractivity contribution >= 4 is 11.0 Å². The van der Waals surface area contributed by atoms with Gasteiger partial charge in [0.05, 0.1) is 0 Å². The van der Waals surface area contributed by atoms with Crippen molar-refractivity contribution in [2.24, 2.45) is 5.92 Å². The van der Waals surface area contributed by atoms with Gasteiger partial charge in [0, 0.05) is 16.8 Å². The van der Waals surface area contributed by atoms with Gasteiger partial charge in [-0.15, -0.1) is 0 Å². The summed E-state index contributed by atoms with van der Waals surface area (Å²) in [5, 5.41) is 4.87. The van der Waals surface area contributed by atoms with Gasteiger partial charge in [0.1, 0.15) is 11.3 Å². The highest BCUT2D eigenvalue weighted by molar-refractivity contribution is 5.81. The second-order valence-corrected chi connectivity index (χ2v) is 7.22. The molecule has 1 saturated carbocycles. The minimum Gasteiger partial charge on any atom is -0.460 e. The summed E-state index contributed by atoms with van der Waals surface area (Å²) in [6.07, 6.45) is 2.57. The molecule has 2 aromatic rings. The van der Waals surface area contributed by atoms with Crippen LogP contribution in [0.1, 0.15) is 50.9 Å². The normalized spacial score (nSPS) is 23.0. The van der Waals surface area contributed by atoms with E-state index in [2.05, 4.69) is 57.3 Å². The molecule has 20 heavy (non-hydrogen) atoms. The Kier molecular flexibility index (Phi) is 3.37. The summed E-state index contributed by atoms with van der Waals surface area (Å²) >= 11 is 0. The summed E-state index contributed by atoms with van der Waals surface area (Å²) in [7, 11) is 0. The Balaban J connectivity index is 1.76. The van der Waals surface area contributed by atoms with Crippen LogP contribution in [0.5, 0.6) is 0 Å². The number of rotatable bonds is 3. The van der Waals surface area contributed by atoms with E-state index in [-0.39, 0.29) is 5.54 Å². The lowest BCUT2D eigenvalue weighted by molar-refractivity contribution is 0.203. The highest BCUT2D eigenvalue weighted by Crippen LogP contribution is 2.44. The van der Waals surface area contributed by atoms with Crippen molar-refractivity contribution in [1.29, 1.82) is 0 Å². The molecular weight excluding hydrogens is 246 g/mol. The molecule has 2 nitrogen and oxygen atoms in total. The van der Waals surface area contributed by atoms with Crippen LogP contribution in [0.25, 0.3) is 11.0 Å². The molecule has 1 fully saturated rings. The van der Waals surface area contributed by atoms with Crippen molar-refractivity contribution < 1.29 is 4.42 Å². The lowest BCUT2D eigenvalue weighted by Gasteiger charge is -2.37. The second-order valence-electron chi connectivity index (χ2n) is 7.22. The van der Waals surface area contributed by atoms with E-state index in [1.165, 1.54) is 29.6 Å². The molecule has 1 aromatic carbocycles. The van der Waals surface area contributed by atoms with Gasteiger partial charge in [0.25, 0.3) is 0 Å². The minimum atomic E-state index is 0.199. The van der Waals surface area contributed by atoms with Crippen LogP contribution in [0.3, 0.4) is 0 Å². The number of hydrogen-bond acceptors (Lipinski definition) is 2. The molecule has 1 heterocycles. The first-order chi connectivity index (χ1) is 9.44. The maximum Gasteiger partial charge on any atom is 0.137 e. The van der Waals surface area contributed by atoms with Gasteiger partial charge in [-0.25, -0.2) is 0 Å². The average molecular weight is 271 g/mol. The van der Waals surface area contributed by atoms with Crippen LogP contribution >= 0.6 is 0 Å². The van der Waals surface area contributed by atoms with Crippen molar-refractivity contribution in [3.05, 3.63) is 35.6 Å². The van der Waals surface area contributed by atoms with E-state index >= 15 is 0 Å². The number of aryl methyl sites for hydroxylation is 1. The molecule has 2 heteroatoms. The predicted octanol–water partition coefficient (Wildman–Crippen LogP) is 4.62. The summed E-state index contributed by atoms with van der Waals surface area (Å²) in [6, 6.07) is 8.62. The fourth-order valence-electron chi connectivity index (χ4n) is 3.04. The number of benzene rings is 1. The summed E-state index contributed by atoms with van der Waals surface area (Å²) in [5.41, 5.74) is 2.50. The van der Waals surface area contributed by atoms with Crippen molar-refractivity contribution in [2.75, 3.05) is 6.54 Å². The lowest BCUT2D eigenvalue weighted by Crippen LogP contribution is -2.42. The highest BCUT2D eigenvalue weighted by Gasteiger charge is 2.35. The van der Waals surface area contributed by atoms with Gasteiger partial charge in [-0.3, -0.25) is 0 Å². The monoisotopic (exact) mass is 271 g/mol. The summed E-state index contributed by atoms with van der Waals surface area (Å²) in [4.78, 5) is 0. The third-order valence-corrected chi connectivity index (χ3v) is 4.44. The van der Waals surface area contributed by atoms with E-state index in [4.69, 9.17) is 4.42 Å². The van der Waals surface area contributed by atoms with Crippen LogP contribution in [0.2, 0.25) is 0 Å². The first kappa shape index (κ1) is 13.7. The lowest BCUT2D eigenvalue weighted by atomic mass is 9.72. The van der Waals surface area contributed by atoms with Crippen LogP contribution < -0.4 is 5.32 Å². The number of furan rings is 1. The molecule has 0 saturated heterocycles. The quantitative estimate of drug-likeness (QED) is 0.881. The Bertz CT molecular complexity index is 605. The molecule has 1 aliphatic carbocycles. The van der Waals surface area contributed by atoms with Gasteiger partial charge in [-0.05, 0) is 64.6 Å². The number of para-hydroxylation sites is 1. The van der Waals surface area contributed by atoms with Crippen LogP contribution in [-0.2, 0) is 0 Å². The molecule has 2 unspecified atom stereocenters. The zero-order chi connectivity index (χ0) is 14.3. The Morgan fingerprint density at radius 1 is 1.25 bits per heavy atom. The molecule has 108 valence electrons. The van der Waals surface area contributed by atoms with Gasteiger partial charge >= 0.3 is 0 Å². The van der Waals surface area contributed by atoms with Gasteiger partial charge in [-0.1, -0.05) is 18.2 Å². The molecule has 2 atom stereocenters. The number of hydrogen-bond donors (Lipinski definition) is 1. The van der Waals surface area contributed by atoms with Gasteiger partial charge in [0.15, 0.2) is 0 Å². The van der Waals surface area contributed by atoms with E-state index in [0.29, 0.717) is 5.92 Å². The predicted molar refractivity (Wildman–Crippen MR) is 84.2 cm³/mol. The molecule has 0 amide bonds. The van der Waals surface area contributed by atoms with E-state index in [9.17, 15) is 0 Å². The van der Waals surface area contributed by atoms with E-state index in [1.54, 1.807) is 0 Å². The first-order valence-electron chi connectivity index (χ1n) is 7.68. The smallest absolute Gasteiger partial charge is 0.137 e. The zero-order valence-electron chi connectivity index (χ0n) is 13.0. The zero-order valence-corrected chi connectivity index (χ0v) is 13.0. The molecule has 1 aliphatic rings. The fraction of sp³-hybridized carbons (Fsp3) is 0.556. The third-order valence-electron chi connectivity index (χ3n) is 4.44. The molecule has 0 aliphatic heterocycles. The van der Waals surface area contributed by atoms with Crippen molar-refractivity contribution in [1.82, 2.24) is 5.32 Å². The third kappa shape index (κ3) is 2.62. The minimum absolute atomic E-state index is 0.199. The van der Waals surface area contributed by atoms with Gasteiger partial charge in [-0.2, -0.15) is 0 Å². The largest absolute Gasteiger partial charge is 0.460 e. The Labute approximate surface area is 121 Å². The molecule has 0 spiro atoms. The van der Waals surface area contributed by atoms with Crippen molar-refractivity contribution in [3.63, 3.8) is 0 Å². The summed E-state index contributed by atoms with van der Waals surface area (Å²) in [6.45, 7) is 9.89. The summed E-state index contributed by atoms with van der Waals surface area (Å²) in [5.74, 6) is 2.49. The number of nitrogens with one attached hydrogen (secondary N) is 1. The van der Waals surface area contributed by atoms with E-state index < -0.39 is 0 Å². The van der Waals surface area contributed by atoms with Crippen molar-refractivity contribution in [3.8, 4) is 0 Å². The molecule has 3 rings (SSSR count). The van der Waals surface area contributed by atoms with Crippen molar-refractivity contribution in [2.45, 2.75) is 52.0 Å².